The number of pyridine rings is 1. The summed E-state index contributed by atoms with van der Waals surface area (Å²) in [4.78, 5) is 13.5. The molecule has 0 atom stereocenters. The standard InChI is InChI=1S/C24H21N3/c1-18-15-23(16-19-5-3-2-4-6-19)27-24(26-18)17-20-7-9-21(10-8-20)22-11-13-25-14-12-22/h2-15H,16-17H2,1H3. The van der Waals surface area contributed by atoms with Gasteiger partial charge in [-0.15, -0.1) is 0 Å². The van der Waals surface area contributed by atoms with Crippen molar-refractivity contribution in [2.24, 2.45) is 0 Å². The Bertz CT molecular complexity index is 1010. The molecule has 2 aromatic heterocycles. The molecule has 3 heteroatoms. The van der Waals surface area contributed by atoms with Crippen molar-refractivity contribution in [2.75, 3.05) is 0 Å². The molecule has 0 aliphatic carbocycles. The van der Waals surface area contributed by atoms with Gasteiger partial charge in [0.15, 0.2) is 0 Å². The lowest BCUT2D eigenvalue weighted by Gasteiger charge is -2.08. The lowest BCUT2D eigenvalue weighted by Crippen LogP contribution is -2.03. The maximum Gasteiger partial charge on any atom is 0.133 e. The first-order chi connectivity index (χ1) is 13.3. The fourth-order valence-corrected chi connectivity index (χ4v) is 3.22. The number of aryl methyl sites for hydroxylation is 1. The summed E-state index contributed by atoms with van der Waals surface area (Å²) in [5, 5.41) is 0. The molecule has 0 bridgehead atoms. The summed E-state index contributed by atoms with van der Waals surface area (Å²) < 4.78 is 0. The van der Waals surface area contributed by atoms with Gasteiger partial charge < -0.3 is 0 Å². The Kier molecular flexibility index (Phi) is 5.01. The van der Waals surface area contributed by atoms with E-state index >= 15 is 0 Å². The molecular formula is C24H21N3. The monoisotopic (exact) mass is 351 g/mol. The molecule has 0 spiro atoms. The molecule has 3 nitrogen and oxygen atoms in total. The van der Waals surface area contributed by atoms with E-state index in [1.165, 1.54) is 22.3 Å². The maximum absolute atomic E-state index is 4.79. The summed E-state index contributed by atoms with van der Waals surface area (Å²) in [6, 6.07) is 25.1. The molecule has 2 aromatic carbocycles. The van der Waals surface area contributed by atoms with Crippen molar-refractivity contribution in [2.45, 2.75) is 19.8 Å². The topological polar surface area (TPSA) is 38.7 Å². The first kappa shape index (κ1) is 17.1. The number of benzene rings is 2. The van der Waals surface area contributed by atoms with Gasteiger partial charge in [0.05, 0.1) is 0 Å². The highest BCUT2D eigenvalue weighted by atomic mass is 14.9. The maximum atomic E-state index is 4.79. The van der Waals surface area contributed by atoms with E-state index in [4.69, 9.17) is 4.98 Å². The van der Waals surface area contributed by atoms with Crippen molar-refractivity contribution in [3.05, 3.63) is 114 Å². The second kappa shape index (κ2) is 7.92. The number of nitrogens with zero attached hydrogens (tertiary/aromatic N) is 3. The van der Waals surface area contributed by atoms with Gasteiger partial charge in [0.25, 0.3) is 0 Å². The van der Waals surface area contributed by atoms with Crippen LogP contribution in [0.1, 0.15) is 28.3 Å². The van der Waals surface area contributed by atoms with E-state index in [1.807, 2.05) is 37.5 Å². The number of rotatable bonds is 5. The number of hydrogen-bond donors (Lipinski definition) is 0. The lowest BCUT2D eigenvalue weighted by molar-refractivity contribution is 0.896. The van der Waals surface area contributed by atoms with E-state index in [2.05, 4.69) is 64.6 Å². The van der Waals surface area contributed by atoms with Crippen molar-refractivity contribution in [3.8, 4) is 11.1 Å². The quantitative estimate of drug-likeness (QED) is 0.506. The molecule has 0 N–H and O–H groups in total. The molecule has 4 rings (SSSR count). The SMILES string of the molecule is Cc1cc(Cc2ccccc2)nc(Cc2ccc(-c3ccncc3)cc2)n1. The summed E-state index contributed by atoms with van der Waals surface area (Å²) in [5.74, 6) is 0.873. The number of aromatic nitrogens is 3. The average molecular weight is 351 g/mol. The Hall–Kier alpha value is -3.33. The van der Waals surface area contributed by atoms with Crippen molar-refractivity contribution in [3.63, 3.8) is 0 Å². The fraction of sp³-hybridized carbons (Fsp3) is 0.125. The normalized spacial score (nSPS) is 10.7. The van der Waals surface area contributed by atoms with E-state index in [1.54, 1.807) is 0 Å². The van der Waals surface area contributed by atoms with Crippen molar-refractivity contribution >= 4 is 0 Å². The summed E-state index contributed by atoms with van der Waals surface area (Å²) in [7, 11) is 0. The first-order valence-corrected chi connectivity index (χ1v) is 9.13. The molecule has 0 amide bonds. The predicted octanol–water partition coefficient (Wildman–Crippen LogP) is 5.03. The summed E-state index contributed by atoms with van der Waals surface area (Å²) in [6.07, 6.45) is 5.20. The largest absolute Gasteiger partial charge is 0.265 e. The van der Waals surface area contributed by atoms with Crippen LogP contribution in [0, 0.1) is 6.92 Å². The van der Waals surface area contributed by atoms with Crippen LogP contribution in [0.3, 0.4) is 0 Å². The van der Waals surface area contributed by atoms with E-state index in [0.717, 1.165) is 30.1 Å². The minimum Gasteiger partial charge on any atom is -0.265 e. The van der Waals surface area contributed by atoms with Crippen LogP contribution in [0.2, 0.25) is 0 Å². The second-order valence-electron chi connectivity index (χ2n) is 6.69. The van der Waals surface area contributed by atoms with Crippen LogP contribution < -0.4 is 0 Å². The van der Waals surface area contributed by atoms with Gasteiger partial charge in [0, 0.05) is 36.6 Å². The Morgan fingerprint density at radius 1 is 0.667 bits per heavy atom. The molecule has 4 aromatic rings. The molecule has 132 valence electrons. The van der Waals surface area contributed by atoms with E-state index < -0.39 is 0 Å². The van der Waals surface area contributed by atoms with Gasteiger partial charge in [-0.1, -0.05) is 54.6 Å². The van der Waals surface area contributed by atoms with Gasteiger partial charge in [-0.3, -0.25) is 4.98 Å². The van der Waals surface area contributed by atoms with Crippen LogP contribution in [-0.4, -0.2) is 15.0 Å². The van der Waals surface area contributed by atoms with Crippen LogP contribution in [-0.2, 0) is 12.8 Å². The third-order valence-corrected chi connectivity index (χ3v) is 4.51. The lowest BCUT2D eigenvalue weighted by atomic mass is 10.0. The molecule has 27 heavy (non-hydrogen) atoms. The zero-order valence-corrected chi connectivity index (χ0v) is 15.3. The smallest absolute Gasteiger partial charge is 0.133 e. The van der Waals surface area contributed by atoms with Crippen molar-refractivity contribution in [1.82, 2.24) is 15.0 Å². The number of hydrogen-bond acceptors (Lipinski definition) is 3. The molecule has 0 fully saturated rings. The molecule has 2 heterocycles. The zero-order valence-electron chi connectivity index (χ0n) is 15.3. The molecule has 0 aliphatic heterocycles. The van der Waals surface area contributed by atoms with Crippen molar-refractivity contribution in [1.29, 1.82) is 0 Å². The molecule has 0 unspecified atom stereocenters. The Morgan fingerprint density at radius 3 is 2.07 bits per heavy atom. The van der Waals surface area contributed by atoms with Crippen LogP contribution in [0.15, 0.2) is 85.2 Å². The Labute approximate surface area is 159 Å². The van der Waals surface area contributed by atoms with Crippen LogP contribution in [0.25, 0.3) is 11.1 Å². The van der Waals surface area contributed by atoms with Gasteiger partial charge >= 0.3 is 0 Å². The van der Waals surface area contributed by atoms with Gasteiger partial charge in [0.2, 0.25) is 0 Å². The van der Waals surface area contributed by atoms with Gasteiger partial charge in [0.1, 0.15) is 5.82 Å². The highest BCUT2D eigenvalue weighted by molar-refractivity contribution is 5.62. The summed E-state index contributed by atoms with van der Waals surface area (Å²) in [6.45, 7) is 2.03. The minimum atomic E-state index is 0.736. The fourth-order valence-electron chi connectivity index (χ4n) is 3.22. The highest BCUT2D eigenvalue weighted by Crippen LogP contribution is 2.19. The molecule has 0 aliphatic rings. The summed E-state index contributed by atoms with van der Waals surface area (Å²) >= 11 is 0. The van der Waals surface area contributed by atoms with Crippen LogP contribution in [0.4, 0.5) is 0 Å². The minimum absolute atomic E-state index is 0.736. The van der Waals surface area contributed by atoms with E-state index in [-0.39, 0.29) is 0 Å². The van der Waals surface area contributed by atoms with Crippen molar-refractivity contribution < 1.29 is 0 Å². The average Bonchev–Trinajstić information content (AvgIpc) is 2.70. The van der Waals surface area contributed by atoms with Crippen LogP contribution in [0.5, 0.6) is 0 Å². The molecule has 0 saturated carbocycles. The molecular weight excluding hydrogens is 330 g/mol. The predicted molar refractivity (Wildman–Crippen MR) is 108 cm³/mol. The molecule has 0 saturated heterocycles. The van der Waals surface area contributed by atoms with Gasteiger partial charge in [-0.05, 0) is 47.4 Å². The second-order valence-corrected chi connectivity index (χ2v) is 6.69. The first-order valence-electron chi connectivity index (χ1n) is 9.13. The van der Waals surface area contributed by atoms with E-state index in [9.17, 15) is 0 Å². The van der Waals surface area contributed by atoms with Crippen LogP contribution >= 0.6 is 0 Å². The Balaban J connectivity index is 1.52. The third kappa shape index (κ3) is 4.45. The zero-order chi connectivity index (χ0) is 18.5. The highest BCUT2D eigenvalue weighted by Gasteiger charge is 2.06. The van der Waals surface area contributed by atoms with E-state index in [0.29, 0.717) is 0 Å². The van der Waals surface area contributed by atoms with Gasteiger partial charge in [-0.2, -0.15) is 0 Å². The summed E-state index contributed by atoms with van der Waals surface area (Å²) in [5.41, 5.74) is 6.92. The van der Waals surface area contributed by atoms with Gasteiger partial charge in [-0.25, -0.2) is 9.97 Å². The Morgan fingerprint density at radius 2 is 1.33 bits per heavy atom. The molecule has 0 radical (unpaired) electrons. The third-order valence-electron chi connectivity index (χ3n) is 4.51.